The Balaban J connectivity index is 3.58. The molecule has 1 unspecified atom stereocenters. The van der Waals surface area contributed by atoms with Gasteiger partial charge in [-0.3, -0.25) is 0 Å². The summed E-state index contributed by atoms with van der Waals surface area (Å²) in [6, 6.07) is 3.23. The predicted octanol–water partition coefficient (Wildman–Crippen LogP) is 3.59. The summed E-state index contributed by atoms with van der Waals surface area (Å²) in [4.78, 5) is 11.0. The Morgan fingerprint density at radius 2 is 1.94 bits per heavy atom. The number of ether oxygens (including phenoxy) is 1. The van der Waals surface area contributed by atoms with Gasteiger partial charge in [0.15, 0.2) is 0 Å². The van der Waals surface area contributed by atoms with E-state index in [-0.39, 0.29) is 9.50 Å². The fraction of sp³-hybridized carbons (Fsp3) is 0.300. The molecule has 3 nitrogen and oxygen atoms in total. The minimum atomic E-state index is -5.13. The smallest absolute Gasteiger partial charge is 0.432 e. The van der Waals surface area contributed by atoms with E-state index in [1.807, 2.05) is 0 Å². The predicted molar refractivity (Wildman–Crippen MR) is 61.5 cm³/mol. The van der Waals surface area contributed by atoms with E-state index in [4.69, 9.17) is 16.7 Å². The van der Waals surface area contributed by atoms with Crippen LogP contribution in [0.25, 0.3) is 0 Å². The highest BCUT2D eigenvalue weighted by Crippen LogP contribution is 2.43. The minimum absolute atomic E-state index is 0.0358. The molecule has 18 heavy (non-hydrogen) atoms. The molecule has 8 heteroatoms. The van der Waals surface area contributed by atoms with Crippen LogP contribution in [-0.4, -0.2) is 24.4 Å². The fourth-order valence-electron chi connectivity index (χ4n) is 1.49. The summed E-state index contributed by atoms with van der Waals surface area (Å²) in [6.07, 6.45) is -5.13. The van der Waals surface area contributed by atoms with Crippen molar-refractivity contribution < 1.29 is 27.8 Å². The molecule has 0 aliphatic rings. The van der Waals surface area contributed by atoms with Crippen molar-refractivity contribution in [2.45, 2.75) is 11.8 Å². The molecule has 0 heterocycles. The SMILES string of the molecule is COC(C(=O)O)(c1cc(Cl)cc(Br)c1)C(F)(F)F. The van der Waals surface area contributed by atoms with Crippen molar-refractivity contribution in [2.24, 2.45) is 0 Å². The zero-order valence-corrected chi connectivity index (χ0v) is 11.2. The topological polar surface area (TPSA) is 46.5 Å². The molecule has 0 aromatic heterocycles. The molecule has 100 valence electrons. The van der Waals surface area contributed by atoms with Crippen LogP contribution in [0.5, 0.6) is 0 Å². The molecule has 0 spiro atoms. The van der Waals surface area contributed by atoms with Gasteiger partial charge in [0.2, 0.25) is 0 Å². The van der Waals surface area contributed by atoms with E-state index in [0.29, 0.717) is 7.11 Å². The van der Waals surface area contributed by atoms with Crippen molar-refractivity contribution in [3.05, 3.63) is 33.3 Å². The second-order valence-electron chi connectivity index (χ2n) is 3.35. The number of hydrogen-bond acceptors (Lipinski definition) is 2. The Hall–Kier alpha value is -0.790. The maximum Gasteiger partial charge on any atom is 0.432 e. The average Bonchev–Trinajstić information content (AvgIpc) is 2.14. The molecule has 1 aromatic rings. The summed E-state index contributed by atoms with van der Waals surface area (Å²) >= 11 is 8.57. The lowest BCUT2D eigenvalue weighted by Crippen LogP contribution is -2.50. The summed E-state index contributed by atoms with van der Waals surface area (Å²) in [5, 5.41) is 8.86. The van der Waals surface area contributed by atoms with Crippen LogP contribution >= 0.6 is 27.5 Å². The first-order valence-electron chi connectivity index (χ1n) is 4.47. The Bertz CT molecular complexity index is 458. The minimum Gasteiger partial charge on any atom is -0.479 e. The van der Waals surface area contributed by atoms with Gasteiger partial charge in [-0.1, -0.05) is 27.5 Å². The van der Waals surface area contributed by atoms with Crippen LogP contribution in [0.2, 0.25) is 5.02 Å². The van der Waals surface area contributed by atoms with Crippen molar-refractivity contribution >= 4 is 33.5 Å². The third-order valence-electron chi connectivity index (χ3n) is 2.28. The maximum absolute atomic E-state index is 13.0. The zero-order chi connectivity index (χ0) is 14.1. The van der Waals surface area contributed by atoms with Crippen LogP contribution in [0.4, 0.5) is 13.2 Å². The molecule has 0 saturated carbocycles. The molecule has 0 fully saturated rings. The Kier molecular flexibility index (Phi) is 4.30. The van der Waals surface area contributed by atoms with Crippen LogP contribution in [0, 0.1) is 0 Å². The third kappa shape index (κ3) is 2.48. The van der Waals surface area contributed by atoms with E-state index in [9.17, 15) is 18.0 Å². The summed E-state index contributed by atoms with van der Waals surface area (Å²) in [5.74, 6) is -2.16. The quantitative estimate of drug-likeness (QED) is 0.909. The van der Waals surface area contributed by atoms with Gasteiger partial charge in [-0.05, 0) is 18.2 Å². The van der Waals surface area contributed by atoms with Gasteiger partial charge in [0.05, 0.1) is 0 Å². The van der Waals surface area contributed by atoms with E-state index < -0.39 is 23.3 Å². The second kappa shape index (κ2) is 5.07. The molecular formula is C10H7BrClF3O3. The highest BCUT2D eigenvalue weighted by molar-refractivity contribution is 9.10. The molecule has 0 aliphatic carbocycles. The van der Waals surface area contributed by atoms with E-state index in [1.54, 1.807) is 0 Å². The molecular weight excluding hydrogens is 340 g/mol. The average molecular weight is 348 g/mol. The number of methoxy groups -OCH3 is 1. The van der Waals surface area contributed by atoms with Crippen molar-refractivity contribution in [1.82, 2.24) is 0 Å². The van der Waals surface area contributed by atoms with Crippen LogP contribution in [0.15, 0.2) is 22.7 Å². The highest BCUT2D eigenvalue weighted by Gasteiger charge is 2.63. The summed E-state index contributed by atoms with van der Waals surface area (Å²) < 4.78 is 43.5. The van der Waals surface area contributed by atoms with Gasteiger partial charge in [-0.15, -0.1) is 0 Å². The number of alkyl halides is 3. The van der Waals surface area contributed by atoms with Gasteiger partial charge in [-0.2, -0.15) is 13.2 Å². The number of aliphatic carboxylic acids is 1. The monoisotopic (exact) mass is 346 g/mol. The number of carboxylic acid groups (broad SMARTS) is 1. The Morgan fingerprint density at radius 3 is 2.28 bits per heavy atom. The number of hydrogen-bond donors (Lipinski definition) is 1. The molecule has 0 radical (unpaired) electrons. The molecule has 1 aromatic carbocycles. The molecule has 0 amide bonds. The number of carboxylic acids is 1. The van der Waals surface area contributed by atoms with E-state index in [2.05, 4.69) is 20.7 Å². The summed E-state index contributed by atoms with van der Waals surface area (Å²) in [7, 11) is 0.677. The van der Waals surface area contributed by atoms with Crippen LogP contribution in [0.1, 0.15) is 5.56 Å². The van der Waals surface area contributed by atoms with E-state index in [1.165, 1.54) is 6.07 Å². The fourth-order valence-corrected chi connectivity index (χ4v) is 2.35. The number of benzene rings is 1. The molecule has 1 rings (SSSR count). The summed E-state index contributed by atoms with van der Waals surface area (Å²) in [5.41, 5.74) is -4.05. The van der Waals surface area contributed by atoms with E-state index in [0.717, 1.165) is 12.1 Å². The lowest BCUT2D eigenvalue weighted by Gasteiger charge is -2.30. The maximum atomic E-state index is 13.0. The van der Waals surface area contributed by atoms with Crippen molar-refractivity contribution in [3.63, 3.8) is 0 Å². The van der Waals surface area contributed by atoms with Gasteiger partial charge in [-0.25, -0.2) is 4.79 Å². The van der Waals surface area contributed by atoms with Crippen LogP contribution < -0.4 is 0 Å². The van der Waals surface area contributed by atoms with Crippen LogP contribution in [-0.2, 0) is 15.1 Å². The van der Waals surface area contributed by atoms with Crippen LogP contribution in [0.3, 0.4) is 0 Å². The van der Waals surface area contributed by atoms with Crippen molar-refractivity contribution in [2.75, 3.05) is 7.11 Å². The van der Waals surface area contributed by atoms with Crippen molar-refractivity contribution in [3.8, 4) is 0 Å². The molecule has 0 bridgehead atoms. The first-order valence-corrected chi connectivity index (χ1v) is 5.64. The van der Waals surface area contributed by atoms with Gasteiger partial charge in [0, 0.05) is 22.2 Å². The van der Waals surface area contributed by atoms with Gasteiger partial charge in [0.25, 0.3) is 5.60 Å². The lowest BCUT2D eigenvalue weighted by molar-refractivity contribution is -0.273. The van der Waals surface area contributed by atoms with Gasteiger partial charge >= 0.3 is 12.1 Å². The first-order chi connectivity index (χ1) is 8.15. The summed E-state index contributed by atoms with van der Waals surface area (Å²) in [6.45, 7) is 0. The Labute approximate surface area is 114 Å². The van der Waals surface area contributed by atoms with Gasteiger partial charge in [0.1, 0.15) is 0 Å². The first kappa shape index (κ1) is 15.3. The van der Waals surface area contributed by atoms with Crippen molar-refractivity contribution in [1.29, 1.82) is 0 Å². The molecule has 1 N–H and O–H groups in total. The molecule has 0 saturated heterocycles. The third-order valence-corrected chi connectivity index (χ3v) is 2.95. The largest absolute Gasteiger partial charge is 0.479 e. The standard InChI is InChI=1S/C10H7BrClF3O3/c1-18-9(8(16)17,10(13,14)15)5-2-6(11)4-7(12)3-5/h2-4H,1H3,(H,16,17). The molecule has 1 atom stereocenters. The molecule has 0 aliphatic heterocycles. The van der Waals surface area contributed by atoms with Gasteiger partial charge < -0.3 is 9.84 Å². The van der Waals surface area contributed by atoms with E-state index >= 15 is 0 Å². The number of halogens is 5. The number of rotatable bonds is 3. The lowest BCUT2D eigenvalue weighted by atomic mass is 9.93. The number of carbonyl (C=O) groups is 1. The Morgan fingerprint density at radius 1 is 1.39 bits per heavy atom. The normalized spacial score (nSPS) is 15.2. The zero-order valence-electron chi connectivity index (χ0n) is 8.89. The highest BCUT2D eigenvalue weighted by atomic mass is 79.9. The second-order valence-corrected chi connectivity index (χ2v) is 4.70.